The number of carbonyl (C=O) groups excluding carboxylic acids is 1. The van der Waals surface area contributed by atoms with Crippen molar-refractivity contribution in [2.45, 2.75) is 56.6 Å². The second kappa shape index (κ2) is 9.82. The summed E-state index contributed by atoms with van der Waals surface area (Å²) in [5.41, 5.74) is 1.18. The van der Waals surface area contributed by atoms with Crippen LogP contribution in [0.15, 0.2) is 29.3 Å². The Morgan fingerprint density at radius 2 is 2.08 bits per heavy atom. The van der Waals surface area contributed by atoms with Gasteiger partial charge in [-0.15, -0.1) is 24.2 Å². The minimum Gasteiger partial charge on any atom is -0.356 e. The van der Waals surface area contributed by atoms with Crippen LogP contribution in [0.2, 0.25) is 0 Å². The van der Waals surface area contributed by atoms with Crippen molar-refractivity contribution in [3.8, 4) is 0 Å². The first-order valence-corrected chi connectivity index (χ1v) is 10.6. The minimum absolute atomic E-state index is 0. The largest absolute Gasteiger partial charge is 0.356 e. The molecule has 3 rings (SSSR count). The number of unbranched alkanes of at least 4 members (excludes halogenated alkanes) is 5. The van der Waals surface area contributed by atoms with E-state index in [1.165, 1.54) is 37.8 Å². The van der Waals surface area contributed by atoms with Crippen molar-refractivity contribution in [1.29, 1.82) is 0 Å². The van der Waals surface area contributed by atoms with E-state index in [0.29, 0.717) is 5.92 Å². The van der Waals surface area contributed by atoms with E-state index in [1.807, 2.05) is 11.8 Å². The molecule has 0 aromatic heterocycles. The first-order chi connectivity index (χ1) is 11.8. The Bertz CT molecular complexity index is 546. The number of thioether (sulfide) groups is 1. The van der Waals surface area contributed by atoms with Crippen LogP contribution in [-0.4, -0.2) is 35.2 Å². The van der Waals surface area contributed by atoms with Crippen LogP contribution in [0.5, 0.6) is 0 Å². The number of nitrogens with zero attached hydrogens (tertiary/aromatic N) is 1. The molecule has 0 aromatic carbocycles. The Morgan fingerprint density at radius 3 is 2.92 bits per heavy atom. The summed E-state index contributed by atoms with van der Waals surface area (Å²) in [6.45, 7) is 3.94. The lowest BCUT2D eigenvalue weighted by atomic mass is 9.74. The van der Waals surface area contributed by atoms with Crippen molar-refractivity contribution in [3.05, 3.63) is 24.3 Å². The predicted octanol–water partition coefficient (Wildman–Crippen LogP) is 4.57. The number of hydrogen-bond acceptors (Lipinski definition) is 3. The van der Waals surface area contributed by atoms with Gasteiger partial charge in [0.2, 0.25) is 5.91 Å². The molecule has 1 fully saturated rings. The number of nitrogens with one attached hydrogen (secondary N) is 1. The maximum atomic E-state index is 12.7. The van der Waals surface area contributed by atoms with E-state index in [-0.39, 0.29) is 29.0 Å². The molecule has 3 nitrogen and oxygen atoms in total. The average Bonchev–Trinajstić information content (AvgIpc) is 2.98. The molecule has 5 heteroatoms. The number of rotatable bonds is 8. The molecular weight excluding hydrogens is 352 g/mol. The molecule has 0 saturated carbocycles. The van der Waals surface area contributed by atoms with E-state index >= 15 is 0 Å². The maximum Gasteiger partial charge on any atom is 0.224 e. The Kier molecular flexibility index (Phi) is 8.08. The van der Waals surface area contributed by atoms with Crippen LogP contribution in [0.3, 0.4) is 0 Å². The smallest absolute Gasteiger partial charge is 0.224 e. The van der Waals surface area contributed by atoms with E-state index in [2.05, 4.69) is 36.5 Å². The van der Waals surface area contributed by atoms with Gasteiger partial charge in [0.25, 0.3) is 0 Å². The molecule has 0 aromatic rings. The molecule has 1 amide bonds. The minimum atomic E-state index is -0.0326. The summed E-state index contributed by atoms with van der Waals surface area (Å²) in [6.07, 6.45) is 17.2. The van der Waals surface area contributed by atoms with Gasteiger partial charge in [-0.25, -0.2) is 0 Å². The summed E-state index contributed by atoms with van der Waals surface area (Å²) in [5.74, 6) is 1.73. The number of allylic oxidation sites excluding steroid dienone is 3. The van der Waals surface area contributed by atoms with Crippen molar-refractivity contribution in [1.82, 2.24) is 5.32 Å². The zero-order chi connectivity index (χ0) is 16.8. The first-order valence-electron chi connectivity index (χ1n) is 9.60. The summed E-state index contributed by atoms with van der Waals surface area (Å²) in [6, 6.07) is 0. The van der Waals surface area contributed by atoms with Crippen LogP contribution < -0.4 is 5.32 Å². The maximum absolute atomic E-state index is 12.7. The van der Waals surface area contributed by atoms with Crippen molar-refractivity contribution >= 4 is 35.8 Å². The fourth-order valence-corrected chi connectivity index (χ4v) is 5.96. The second-order valence-corrected chi connectivity index (χ2v) is 8.45. The van der Waals surface area contributed by atoms with Crippen molar-refractivity contribution in [2.75, 3.05) is 18.8 Å². The molecular formula is C20H31ClN2OS. The third kappa shape index (κ3) is 4.51. The zero-order valence-corrected chi connectivity index (χ0v) is 16.8. The van der Waals surface area contributed by atoms with E-state index in [4.69, 9.17) is 4.99 Å². The topological polar surface area (TPSA) is 41.5 Å². The number of halogens is 1. The molecule has 1 N–H and O–H groups in total. The van der Waals surface area contributed by atoms with Crippen LogP contribution in [0, 0.1) is 11.8 Å². The number of hydrogen-bond donors (Lipinski definition) is 1. The van der Waals surface area contributed by atoms with Crippen LogP contribution in [0.1, 0.15) is 51.9 Å². The molecule has 0 bridgehead atoms. The highest BCUT2D eigenvalue weighted by Gasteiger charge is 2.53. The molecule has 1 saturated heterocycles. The molecule has 3 unspecified atom stereocenters. The molecule has 3 aliphatic rings. The van der Waals surface area contributed by atoms with Crippen LogP contribution >= 0.6 is 24.2 Å². The van der Waals surface area contributed by atoms with Crippen LogP contribution in [0.4, 0.5) is 0 Å². The highest BCUT2D eigenvalue weighted by Crippen LogP contribution is 2.52. The van der Waals surface area contributed by atoms with Gasteiger partial charge in [0.05, 0.1) is 16.4 Å². The van der Waals surface area contributed by atoms with Gasteiger partial charge >= 0.3 is 0 Å². The van der Waals surface area contributed by atoms with Gasteiger partial charge in [0.15, 0.2) is 0 Å². The molecule has 1 spiro atoms. The third-order valence-corrected chi connectivity index (χ3v) is 7.19. The van der Waals surface area contributed by atoms with Crippen LogP contribution in [-0.2, 0) is 4.79 Å². The Balaban J connectivity index is 0.00000225. The summed E-state index contributed by atoms with van der Waals surface area (Å²) >= 11 is 1.92. The summed E-state index contributed by atoms with van der Waals surface area (Å²) in [7, 11) is 0. The predicted molar refractivity (Wildman–Crippen MR) is 111 cm³/mol. The van der Waals surface area contributed by atoms with Gasteiger partial charge < -0.3 is 5.32 Å². The standard InChI is InChI=1S/C20H30N2OS.ClH/c1-2-3-4-5-6-9-13-22-19(23)16-15-24-20-12-8-7-10-18(20)21-14-11-17(16)20;/h7-8,10,12,16-17H,2-6,9,11,13-15H2,1H3,(H,22,23);1H. The lowest BCUT2D eigenvalue weighted by Gasteiger charge is -2.38. The van der Waals surface area contributed by atoms with Gasteiger partial charge in [-0.05, 0) is 24.8 Å². The monoisotopic (exact) mass is 382 g/mol. The Hall–Kier alpha value is -0.740. The van der Waals surface area contributed by atoms with E-state index in [1.54, 1.807) is 0 Å². The lowest BCUT2D eigenvalue weighted by molar-refractivity contribution is -0.125. The van der Waals surface area contributed by atoms with Gasteiger partial charge in [-0.1, -0.05) is 57.3 Å². The highest BCUT2D eigenvalue weighted by molar-refractivity contribution is 8.02. The second-order valence-electron chi connectivity index (χ2n) is 7.15. The van der Waals surface area contributed by atoms with Gasteiger partial charge in [-0.2, -0.15) is 0 Å². The molecule has 2 heterocycles. The molecule has 25 heavy (non-hydrogen) atoms. The summed E-state index contributed by atoms with van der Waals surface area (Å²) in [5, 5.41) is 3.21. The molecule has 140 valence electrons. The van der Waals surface area contributed by atoms with E-state index in [9.17, 15) is 4.79 Å². The first kappa shape index (κ1) is 20.6. The van der Waals surface area contributed by atoms with Crippen molar-refractivity contribution in [3.63, 3.8) is 0 Å². The quantitative estimate of drug-likeness (QED) is 0.624. The molecule has 0 radical (unpaired) electrons. The zero-order valence-electron chi connectivity index (χ0n) is 15.2. The van der Waals surface area contributed by atoms with Gasteiger partial charge in [0.1, 0.15) is 0 Å². The van der Waals surface area contributed by atoms with Crippen molar-refractivity contribution in [2.24, 2.45) is 16.8 Å². The average molecular weight is 383 g/mol. The van der Waals surface area contributed by atoms with Crippen LogP contribution in [0.25, 0.3) is 0 Å². The third-order valence-electron chi connectivity index (χ3n) is 5.54. The SMILES string of the molecule is CCCCCCCCNC(=O)C1CSC23C=CC=CC2=NCCC13.Cl. The molecule has 3 atom stereocenters. The van der Waals surface area contributed by atoms with Crippen molar-refractivity contribution < 1.29 is 4.79 Å². The lowest BCUT2D eigenvalue weighted by Crippen LogP contribution is -2.46. The number of amides is 1. The normalized spacial score (nSPS) is 29.4. The molecule has 1 aliphatic carbocycles. The van der Waals surface area contributed by atoms with Gasteiger partial charge in [-0.3, -0.25) is 9.79 Å². The highest BCUT2D eigenvalue weighted by atomic mass is 35.5. The van der Waals surface area contributed by atoms with E-state index in [0.717, 1.165) is 31.7 Å². The number of carbonyl (C=O) groups is 1. The fourth-order valence-electron chi connectivity index (χ4n) is 4.17. The Labute approximate surface area is 162 Å². The van der Waals surface area contributed by atoms with E-state index < -0.39 is 0 Å². The summed E-state index contributed by atoms with van der Waals surface area (Å²) in [4.78, 5) is 17.4. The van der Waals surface area contributed by atoms with Gasteiger partial charge in [0, 0.05) is 18.8 Å². The molecule has 2 aliphatic heterocycles. The number of aliphatic imine (C=N–C) groups is 1. The fraction of sp³-hybridized carbons (Fsp3) is 0.700. The summed E-state index contributed by atoms with van der Waals surface area (Å²) < 4.78 is -0.0326. The Morgan fingerprint density at radius 1 is 1.28 bits per heavy atom.